The number of H-pyrrole nitrogens is 1. The zero-order valence-electron chi connectivity index (χ0n) is 23.1. The average Bonchev–Trinajstić information content (AvgIpc) is 3.44. The number of halogens is 2. The number of ether oxygens (including phenoxy) is 2. The molecule has 5 rings (SSSR count). The predicted molar refractivity (Wildman–Crippen MR) is 156 cm³/mol. The van der Waals surface area contributed by atoms with Gasteiger partial charge in [0.15, 0.2) is 17.3 Å². The number of aromatic amines is 1. The zero-order chi connectivity index (χ0) is 31.1. The lowest BCUT2D eigenvalue weighted by atomic mass is 10.1. The van der Waals surface area contributed by atoms with Gasteiger partial charge < -0.3 is 29.4 Å². The molecule has 5 atom stereocenters. The molecule has 43 heavy (non-hydrogen) atoms. The second-order valence-electron chi connectivity index (χ2n) is 10.2. The van der Waals surface area contributed by atoms with Gasteiger partial charge in [0.1, 0.15) is 17.9 Å². The van der Waals surface area contributed by atoms with Crippen LogP contribution in [0.2, 0.25) is 0 Å². The highest BCUT2D eigenvalue weighted by Crippen LogP contribution is 2.49. The summed E-state index contributed by atoms with van der Waals surface area (Å²) in [7, 11) is 0. The molecule has 4 aromatic rings. The number of hydrogen-bond acceptors (Lipinski definition) is 11. The molecular weight excluding hydrogens is 609 g/mol. The van der Waals surface area contributed by atoms with Crippen molar-refractivity contribution in [3.63, 3.8) is 0 Å². The van der Waals surface area contributed by atoms with E-state index in [-0.39, 0.29) is 17.1 Å². The highest BCUT2D eigenvalue weighted by atomic mass is 32.5. The lowest BCUT2D eigenvalue weighted by Crippen LogP contribution is -2.40. The maximum absolute atomic E-state index is 15.3. The molecule has 0 radical (unpaired) electrons. The van der Waals surface area contributed by atoms with Crippen LogP contribution in [0.5, 0.6) is 5.75 Å². The number of carbonyl (C=O) groups excluding carboxylic acids is 1. The number of aliphatic hydroxyl groups is 1. The van der Waals surface area contributed by atoms with Gasteiger partial charge >= 0.3 is 18.5 Å². The fraction of sp³-hybridized carbons (Fsp3) is 0.385. The van der Waals surface area contributed by atoms with Gasteiger partial charge in [0.2, 0.25) is 12.2 Å². The van der Waals surface area contributed by atoms with E-state index in [1.165, 1.54) is 6.92 Å². The summed E-state index contributed by atoms with van der Waals surface area (Å²) in [5.74, 6) is -4.52. The standard InChI is InChI=1S/C26H29F2N6O7PS/c1-13(2)39-23(37)14(3)33-42(43,41-17-9-8-15-6-4-5-7-16(15)10-17)38-11-18-20(35)26(27,28)24(40-18)34-12-30-19-21(34)31-25(29)32-22(19)36/h4-10,12-14,18,20,24,35H,11H2,1-3H3,(H,33,43)(H3,29,31,32,36). The van der Waals surface area contributed by atoms with Crippen LogP contribution in [0.15, 0.2) is 53.6 Å². The van der Waals surface area contributed by atoms with E-state index >= 15 is 8.78 Å². The molecule has 2 aromatic heterocycles. The van der Waals surface area contributed by atoms with Crippen molar-refractivity contribution in [2.45, 2.75) is 57.3 Å². The number of nitrogens with one attached hydrogen (secondary N) is 2. The molecular formula is C26H29F2N6O7PS. The number of anilines is 1. The van der Waals surface area contributed by atoms with Crippen LogP contribution in [0.4, 0.5) is 14.7 Å². The number of aromatic nitrogens is 4. The third-order valence-corrected chi connectivity index (χ3v) is 8.99. The first kappa shape index (κ1) is 30.9. The Bertz CT molecular complexity index is 1770. The number of nitrogen functional groups attached to an aromatic ring is 1. The van der Waals surface area contributed by atoms with Gasteiger partial charge in [-0.2, -0.15) is 13.8 Å². The van der Waals surface area contributed by atoms with Crippen molar-refractivity contribution < 1.29 is 37.2 Å². The van der Waals surface area contributed by atoms with E-state index in [4.69, 9.17) is 36.1 Å². The van der Waals surface area contributed by atoms with Crippen molar-refractivity contribution >= 4 is 52.3 Å². The molecule has 0 bridgehead atoms. The van der Waals surface area contributed by atoms with E-state index in [1.807, 2.05) is 24.3 Å². The van der Waals surface area contributed by atoms with E-state index in [1.54, 1.807) is 32.0 Å². The van der Waals surface area contributed by atoms with Gasteiger partial charge in [-0.3, -0.25) is 19.1 Å². The first-order chi connectivity index (χ1) is 20.3. The summed E-state index contributed by atoms with van der Waals surface area (Å²) >= 11 is 5.69. The molecule has 3 heterocycles. The van der Waals surface area contributed by atoms with E-state index in [9.17, 15) is 14.7 Å². The van der Waals surface area contributed by atoms with Crippen molar-refractivity contribution in [3.8, 4) is 5.75 Å². The van der Waals surface area contributed by atoms with Crippen LogP contribution in [0.1, 0.15) is 27.0 Å². The Morgan fingerprint density at radius 3 is 2.72 bits per heavy atom. The van der Waals surface area contributed by atoms with Gasteiger partial charge in [-0.05, 0) is 55.5 Å². The van der Waals surface area contributed by atoms with Gasteiger partial charge in [0, 0.05) is 0 Å². The number of rotatable bonds is 10. The number of nitrogens with zero attached hydrogens (tertiary/aromatic N) is 3. The average molecular weight is 639 g/mol. The lowest BCUT2D eigenvalue weighted by Gasteiger charge is -2.28. The van der Waals surface area contributed by atoms with Crippen LogP contribution in [-0.4, -0.2) is 67.5 Å². The molecule has 13 nitrogen and oxygen atoms in total. The molecule has 1 aliphatic heterocycles. The third kappa shape index (κ3) is 6.39. The topological polar surface area (TPSA) is 176 Å². The molecule has 1 aliphatic rings. The van der Waals surface area contributed by atoms with E-state index < -0.39 is 61.3 Å². The van der Waals surface area contributed by atoms with Crippen molar-refractivity contribution in [1.82, 2.24) is 24.6 Å². The Morgan fingerprint density at radius 1 is 1.28 bits per heavy atom. The molecule has 5 unspecified atom stereocenters. The molecule has 0 spiro atoms. The van der Waals surface area contributed by atoms with Crippen LogP contribution in [0, 0.1) is 0 Å². The Morgan fingerprint density at radius 2 is 2.00 bits per heavy atom. The fourth-order valence-electron chi connectivity index (χ4n) is 4.47. The normalized spacial score (nSPS) is 22.1. The molecule has 0 amide bonds. The number of nitrogens with two attached hydrogens (primary N) is 1. The minimum Gasteiger partial charge on any atom is -0.462 e. The van der Waals surface area contributed by atoms with Gasteiger partial charge in [-0.15, -0.1) is 0 Å². The molecule has 0 aliphatic carbocycles. The van der Waals surface area contributed by atoms with Crippen molar-refractivity contribution in [2.75, 3.05) is 12.3 Å². The SMILES string of the molecule is CC(C)OC(=O)C(C)NP(=S)(OCC1OC(n2cnc3c(=O)[nH]c(N)nc32)C(F)(F)C1O)Oc1ccc2ccccc2c1. The van der Waals surface area contributed by atoms with E-state index in [2.05, 4.69) is 20.0 Å². The highest BCUT2D eigenvalue weighted by molar-refractivity contribution is 8.09. The van der Waals surface area contributed by atoms with Gasteiger partial charge in [-0.25, -0.2) is 10.1 Å². The Kier molecular flexibility index (Phi) is 8.53. The van der Waals surface area contributed by atoms with Crippen LogP contribution in [0.25, 0.3) is 21.9 Å². The number of esters is 1. The summed E-state index contributed by atoms with van der Waals surface area (Å²) in [6, 6.07) is 11.7. The summed E-state index contributed by atoms with van der Waals surface area (Å²) < 4.78 is 54.2. The van der Waals surface area contributed by atoms with Crippen LogP contribution < -0.4 is 20.9 Å². The summed E-state index contributed by atoms with van der Waals surface area (Å²) in [6.07, 6.45) is -5.54. The Balaban J connectivity index is 1.39. The second kappa shape index (κ2) is 11.9. The number of benzene rings is 2. The van der Waals surface area contributed by atoms with Crippen molar-refractivity contribution in [1.29, 1.82) is 0 Å². The number of hydrogen-bond donors (Lipinski definition) is 4. The Labute approximate surface area is 248 Å². The minimum absolute atomic E-state index is 0.242. The number of imidazole rings is 1. The zero-order valence-corrected chi connectivity index (χ0v) is 24.9. The maximum atomic E-state index is 15.3. The number of alkyl halides is 2. The smallest absolute Gasteiger partial charge is 0.323 e. The number of carbonyl (C=O) groups is 1. The molecule has 1 fully saturated rings. The molecule has 5 N–H and O–H groups in total. The van der Waals surface area contributed by atoms with E-state index in [0.29, 0.717) is 5.75 Å². The first-order valence-electron chi connectivity index (χ1n) is 13.1. The lowest BCUT2D eigenvalue weighted by molar-refractivity contribution is -0.149. The van der Waals surface area contributed by atoms with Gasteiger partial charge in [-0.1, -0.05) is 30.3 Å². The van der Waals surface area contributed by atoms with Crippen LogP contribution >= 0.6 is 6.64 Å². The summed E-state index contributed by atoms with van der Waals surface area (Å²) in [4.78, 5) is 34.6. The van der Waals surface area contributed by atoms with Crippen molar-refractivity contribution in [2.24, 2.45) is 0 Å². The molecule has 0 saturated carbocycles. The van der Waals surface area contributed by atoms with Crippen LogP contribution in [-0.2, 0) is 30.6 Å². The molecule has 17 heteroatoms. The second-order valence-corrected chi connectivity index (χ2v) is 13.3. The maximum Gasteiger partial charge on any atom is 0.323 e. The summed E-state index contributed by atoms with van der Waals surface area (Å²) in [5.41, 5.74) is 4.35. The van der Waals surface area contributed by atoms with Gasteiger partial charge in [0.05, 0.1) is 19.0 Å². The first-order valence-corrected chi connectivity index (χ1v) is 15.8. The van der Waals surface area contributed by atoms with E-state index in [0.717, 1.165) is 21.7 Å². The minimum atomic E-state index is -3.87. The highest BCUT2D eigenvalue weighted by Gasteiger charge is 2.60. The quantitative estimate of drug-likeness (QED) is 0.148. The molecule has 230 valence electrons. The number of fused-ring (bicyclic) bond motifs is 2. The van der Waals surface area contributed by atoms with Crippen molar-refractivity contribution in [3.05, 3.63) is 59.1 Å². The number of aliphatic hydroxyl groups excluding tert-OH is 1. The predicted octanol–water partition coefficient (Wildman–Crippen LogP) is 3.00. The summed E-state index contributed by atoms with van der Waals surface area (Å²) in [6.45, 7) is 0.534. The largest absolute Gasteiger partial charge is 0.462 e. The third-order valence-electron chi connectivity index (χ3n) is 6.50. The molecule has 2 aromatic carbocycles. The Hall–Kier alpha value is -3.53. The molecule has 1 saturated heterocycles. The summed E-state index contributed by atoms with van der Waals surface area (Å²) in [5, 5.41) is 15.2. The van der Waals surface area contributed by atoms with Crippen LogP contribution in [0.3, 0.4) is 0 Å². The van der Waals surface area contributed by atoms with Gasteiger partial charge in [0.25, 0.3) is 5.56 Å². The fourth-order valence-corrected chi connectivity index (χ4v) is 6.88. The monoisotopic (exact) mass is 638 g/mol.